The summed E-state index contributed by atoms with van der Waals surface area (Å²) < 4.78 is 0. The van der Waals surface area contributed by atoms with Gasteiger partial charge in [0.2, 0.25) is 0 Å². The first-order chi connectivity index (χ1) is 9.76. The van der Waals surface area contributed by atoms with Gasteiger partial charge in [-0.05, 0) is 71.5 Å². The zero-order chi connectivity index (χ0) is 15.6. The Kier molecular flexibility index (Phi) is 4.95. The molecule has 1 N–H and O–H groups in total. The molecule has 1 aromatic carbocycles. The second kappa shape index (κ2) is 6.37. The SMILES string of the molecule is Cc1cc(N2CCC(N(C)C)C2)ccc1CNC(C)(C)C. The summed E-state index contributed by atoms with van der Waals surface area (Å²) in [4.78, 5) is 4.85. The molecule has 0 spiro atoms. The Morgan fingerprint density at radius 1 is 1.29 bits per heavy atom. The van der Waals surface area contributed by atoms with Crippen LogP contribution in [0.5, 0.6) is 0 Å². The van der Waals surface area contributed by atoms with E-state index in [0.717, 1.165) is 13.1 Å². The fourth-order valence-corrected chi connectivity index (χ4v) is 2.83. The fourth-order valence-electron chi connectivity index (χ4n) is 2.83. The first-order valence-electron chi connectivity index (χ1n) is 8.02. The van der Waals surface area contributed by atoms with Crippen LogP contribution in [0.15, 0.2) is 18.2 Å². The summed E-state index contributed by atoms with van der Waals surface area (Å²) in [7, 11) is 4.36. The molecule has 0 radical (unpaired) electrons. The Morgan fingerprint density at radius 3 is 2.52 bits per heavy atom. The lowest BCUT2D eigenvalue weighted by molar-refractivity contribution is 0.315. The maximum atomic E-state index is 3.57. The molecule has 0 saturated carbocycles. The lowest BCUT2D eigenvalue weighted by atomic mass is 10.0. The number of nitrogens with zero attached hydrogens (tertiary/aromatic N) is 2. The van der Waals surface area contributed by atoms with E-state index in [2.05, 4.69) is 75.1 Å². The van der Waals surface area contributed by atoms with Gasteiger partial charge in [-0.15, -0.1) is 0 Å². The molecule has 0 bridgehead atoms. The van der Waals surface area contributed by atoms with Gasteiger partial charge in [0.15, 0.2) is 0 Å². The van der Waals surface area contributed by atoms with Crippen LogP contribution in [0.2, 0.25) is 0 Å². The molecule has 1 aliphatic rings. The lowest BCUT2D eigenvalue weighted by Crippen LogP contribution is -2.35. The van der Waals surface area contributed by atoms with E-state index in [1.54, 1.807) is 0 Å². The number of rotatable bonds is 4. The molecule has 3 heteroatoms. The fraction of sp³-hybridized carbons (Fsp3) is 0.667. The predicted octanol–water partition coefficient (Wildman–Crippen LogP) is 3.02. The second-order valence-corrected chi connectivity index (χ2v) is 7.57. The highest BCUT2D eigenvalue weighted by molar-refractivity contribution is 5.51. The standard InChI is InChI=1S/C18H31N3/c1-14-11-16(21-10-9-17(13-21)20(5)6)8-7-15(14)12-19-18(2,3)4/h7-8,11,17,19H,9-10,12-13H2,1-6H3. The average molecular weight is 289 g/mol. The maximum Gasteiger partial charge on any atom is 0.0369 e. The Morgan fingerprint density at radius 2 is 2.00 bits per heavy atom. The van der Waals surface area contributed by atoms with Crippen LogP contribution in [0.3, 0.4) is 0 Å². The summed E-state index contributed by atoms with van der Waals surface area (Å²) in [6.45, 7) is 12.1. The molecule has 1 aromatic rings. The molecule has 0 aliphatic carbocycles. The van der Waals surface area contributed by atoms with Crippen molar-refractivity contribution in [1.29, 1.82) is 0 Å². The van der Waals surface area contributed by atoms with Gasteiger partial charge in [0, 0.05) is 36.9 Å². The van der Waals surface area contributed by atoms with Gasteiger partial charge in [0.25, 0.3) is 0 Å². The van der Waals surface area contributed by atoms with Gasteiger partial charge in [0.1, 0.15) is 0 Å². The van der Waals surface area contributed by atoms with E-state index in [0.29, 0.717) is 6.04 Å². The van der Waals surface area contributed by atoms with Crippen LogP contribution in [0.25, 0.3) is 0 Å². The third-order valence-corrected chi connectivity index (χ3v) is 4.39. The van der Waals surface area contributed by atoms with E-state index in [1.165, 1.54) is 29.8 Å². The van der Waals surface area contributed by atoms with Crippen molar-refractivity contribution in [2.24, 2.45) is 0 Å². The molecule has 0 aromatic heterocycles. The minimum absolute atomic E-state index is 0.166. The highest BCUT2D eigenvalue weighted by Crippen LogP contribution is 2.24. The van der Waals surface area contributed by atoms with Gasteiger partial charge >= 0.3 is 0 Å². The average Bonchev–Trinajstić information content (AvgIpc) is 2.85. The molecule has 0 amide bonds. The molecule has 3 nitrogen and oxygen atoms in total. The van der Waals surface area contributed by atoms with E-state index in [-0.39, 0.29) is 5.54 Å². The Balaban J connectivity index is 2.02. The van der Waals surface area contributed by atoms with E-state index in [4.69, 9.17) is 0 Å². The van der Waals surface area contributed by atoms with Gasteiger partial charge in [-0.3, -0.25) is 0 Å². The Labute approximate surface area is 130 Å². The highest BCUT2D eigenvalue weighted by Gasteiger charge is 2.24. The van der Waals surface area contributed by atoms with E-state index in [1.807, 2.05) is 0 Å². The van der Waals surface area contributed by atoms with Crippen molar-refractivity contribution in [3.05, 3.63) is 29.3 Å². The van der Waals surface area contributed by atoms with Crippen LogP contribution >= 0.6 is 0 Å². The minimum Gasteiger partial charge on any atom is -0.370 e. The van der Waals surface area contributed by atoms with Crippen molar-refractivity contribution in [3.8, 4) is 0 Å². The first kappa shape index (κ1) is 16.3. The maximum absolute atomic E-state index is 3.57. The number of aryl methyl sites for hydroxylation is 1. The molecular weight excluding hydrogens is 258 g/mol. The zero-order valence-electron chi connectivity index (χ0n) is 14.5. The molecule has 1 unspecified atom stereocenters. The van der Waals surface area contributed by atoms with Crippen molar-refractivity contribution in [2.75, 3.05) is 32.1 Å². The van der Waals surface area contributed by atoms with Gasteiger partial charge < -0.3 is 15.1 Å². The third-order valence-electron chi connectivity index (χ3n) is 4.39. The molecule has 21 heavy (non-hydrogen) atoms. The highest BCUT2D eigenvalue weighted by atomic mass is 15.2. The Bertz CT molecular complexity index is 474. The van der Waals surface area contributed by atoms with Crippen molar-refractivity contribution in [3.63, 3.8) is 0 Å². The van der Waals surface area contributed by atoms with Gasteiger partial charge in [0.05, 0.1) is 0 Å². The summed E-state index contributed by atoms with van der Waals surface area (Å²) in [5, 5.41) is 3.57. The van der Waals surface area contributed by atoms with Crippen LogP contribution in [0.1, 0.15) is 38.3 Å². The van der Waals surface area contributed by atoms with Crippen LogP contribution in [-0.4, -0.2) is 43.7 Å². The second-order valence-electron chi connectivity index (χ2n) is 7.57. The van der Waals surface area contributed by atoms with Crippen LogP contribution in [-0.2, 0) is 6.54 Å². The van der Waals surface area contributed by atoms with Crippen molar-refractivity contribution in [2.45, 2.75) is 52.2 Å². The van der Waals surface area contributed by atoms with Gasteiger partial charge in [-0.2, -0.15) is 0 Å². The lowest BCUT2D eigenvalue weighted by Gasteiger charge is -2.24. The number of likely N-dealkylation sites (N-methyl/N-ethyl adjacent to an activating group) is 1. The Hall–Kier alpha value is -1.06. The molecular formula is C18H31N3. The van der Waals surface area contributed by atoms with E-state index < -0.39 is 0 Å². The minimum atomic E-state index is 0.166. The normalized spacial score (nSPS) is 19.6. The van der Waals surface area contributed by atoms with Crippen molar-refractivity contribution >= 4 is 5.69 Å². The summed E-state index contributed by atoms with van der Waals surface area (Å²) in [6.07, 6.45) is 1.26. The van der Waals surface area contributed by atoms with Crippen LogP contribution in [0.4, 0.5) is 5.69 Å². The number of hydrogen-bond donors (Lipinski definition) is 1. The molecule has 1 aliphatic heterocycles. The summed E-state index contributed by atoms with van der Waals surface area (Å²) in [5.74, 6) is 0. The van der Waals surface area contributed by atoms with E-state index >= 15 is 0 Å². The van der Waals surface area contributed by atoms with Gasteiger partial charge in [-0.25, -0.2) is 0 Å². The predicted molar refractivity (Wildman–Crippen MR) is 92.1 cm³/mol. The summed E-state index contributed by atoms with van der Waals surface area (Å²) in [6, 6.07) is 7.60. The van der Waals surface area contributed by atoms with E-state index in [9.17, 15) is 0 Å². The van der Waals surface area contributed by atoms with Gasteiger partial charge in [-0.1, -0.05) is 6.07 Å². The number of benzene rings is 1. The first-order valence-corrected chi connectivity index (χ1v) is 8.02. The van der Waals surface area contributed by atoms with Crippen molar-refractivity contribution in [1.82, 2.24) is 10.2 Å². The zero-order valence-corrected chi connectivity index (χ0v) is 14.5. The molecule has 2 rings (SSSR count). The smallest absolute Gasteiger partial charge is 0.0369 e. The number of anilines is 1. The largest absolute Gasteiger partial charge is 0.370 e. The molecule has 1 atom stereocenters. The number of hydrogen-bond acceptors (Lipinski definition) is 3. The van der Waals surface area contributed by atoms with Crippen LogP contribution in [0, 0.1) is 6.92 Å². The molecule has 1 saturated heterocycles. The summed E-state index contributed by atoms with van der Waals surface area (Å²) >= 11 is 0. The topological polar surface area (TPSA) is 18.5 Å². The third kappa shape index (κ3) is 4.45. The summed E-state index contributed by atoms with van der Waals surface area (Å²) in [5.41, 5.74) is 4.32. The number of nitrogens with one attached hydrogen (secondary N) is 1. The monoisotopic (exact) mass is 289 g/mol. The molecule has 118 valence electrons. The van der Waals surface area contributed by atoms with Crippen molar-refractivity contribution < 1.29 is 0 Å². The quantitative estimate of drug-likeness (QED) is 0.919. The van der Waals surface area contributed by atoms with Crippen LogP contribution < -0.4 is 10.2 Å². The molecule has 1 fully saturated rings. The molecule has 1 heterocycles.